The maximum absolute atomic E-state index is 13.6. The van der Waals surface area contributed by atoms with Crippen molar-refractivity contribution < 1.29 is 28.6 Å². The van der Waals surface area contributed by atoms with Gasteiger partial charge in [-0.25, -0.2) is 4.79 Å². The third-order valence-corrected chi connectivity index (χ3v) is 6.60. The van der Waals surface area contributed by atoms with E-state index in [0.29, 0.717) is 40.1 Å². The first-order valence-corrected chi connectivity index (χ1v) is 12.5. The summed E-state index contributed by atoms with van der Waals surface area (Å²) in [6.45, 7) is 2.47. The van der Waals surface area contributed by atoms with Gasteiger partial charge in [0.2, 0.25) is 12.7 Å². The van der Waals surface area contributed by atoms with Crippen LogP contribution in [0.1, 0.15) is 29.3 Å². The quantitative estimate of drug-likeness (QED) is 0.343. The molecule has 0 saturated carbocycles. The molecular weight excluding hydrogens is 506 g/mol. The zero-order valence-corrected chi connectivity index (χ0v) is 21.4. The minimum absolute atomic E-state index is 0.119. The fraction of sp³-hybridized carbons (Fsp3) is 0.214. The molecule has 1 atom stereocenters. The number of hydrogen-bond acceptors (Lipinski definition) is 7. The zero-order chi connectivity index (χ0) is 26.6. The fourth-order valence-corrected chi connectivity index (χ4v) is 4.74. The smallest absolute Gasteiger partial charge is 0.338 e. The number of carbonyl (C=O) groups is 3. The number of para-hydroxylation sites is 1. The SMILES string of the molecule is CCOC(=O)c1ccc(NC(=O)CC2C(=O)N(c3ccccc3)C(=S)N2Cc2ccc3c(c2)OCO3)cc1. The molecule has 1 N–H and O–H groups in total. The second-order valence-electron chi connectivity index (χ2n) is 8.67. The van der Waals surface area contributed by atoms with Crippen molar-refractivity contribution in [1.82, 2.24) is 4.90 Å². The summed E-state index contributed by atoms with van der Waals surface area (Å²) >= 11 is 5.74. The van der Waals surface area contributed by atoms with Gasteiger partial charge in [0.15, 0.2) is 16.6 Å². The molecule has 0 aromatic heterocycles. The van der Waals surface area contributed by atoms with Crippen molar-refractivity contribution in [3.8, 4) is 11.5 Å². The second kappa shape index (κ2) is 10.9. The first-order chi connectivity index (χ1) is 18.4. The standard InChI is InChI=1S/C28H25N3O6S/c1-2-35-27(34)19-9-11-20(12-10-19)29-25(32)15-22-26(33)31(21-6-4-3-5-7-21)28(38)30(22)16-18-8-13-23-24(14-18)37-17-36-23/h3-14,22H,2,15-17H2,1H3,(H,29,32). The molecule has 0 radical (unpaired) electrons. The Balaban J connectivity index is 1.35. The Morgan fingerprint density at radius 2 is 1.76 bits per heavy atom. The molecule has 0 spiro atoms. The number of benzene rings is 3. The number of thiocarbonyl (C=S) groups is 1. The number of anilines is 2. The van der Waals surface area contributed by atoms with E-state index < -0.39 is 12.0 Å². The van der Waals surface area contributed by atoms with Crippen LogP contribution >= 0.6 is 12.2 Å². The molecule has 1 fully saturated rings. The van der Waals surface area contributed by atoms with E-state index in [2.05, 4.69) is 5.32 Å². The van der Waals surface area contributed by atoms with Gasteiger partial charge in [-0.15, -0.1) is 0 Å². The highest BCUT2D eigenvalue weighted by Crippen LogP contribution is 2.34. The Labute approximate surface area is 224 Å². The normalized spacial score (nSPS) is 16.1. The monoisotopic (exact) mass is 531 g/mol. The number of carbonyl (C=O) groups excluding carboxylic acids is 3. The van der Waals surface area contributed by atoms with E-state index in [9.17, 15) is 14.4 Å². The molecule has 0 bridgehead atoms. The first kappa shape index (κ1) is 25.2. The average molecular weight is 532 g/mol. The average Bonchev–Trinajstić information content (AvgIpc) is 3.47. The van der Waals surface area contributed by atoms with Crippen LogP contribution in [0.2, 0.25) is 0 Å². The van der Waals surface area contributed by atoms with Gasteiger partial charge < -0.3 is 24.4 Å². The predicted molar refractivity (Wildman–Crippen MR) is 144 cm³/mol. The number of rotatable bonds is 8. The molecule has 0 aliphatic carbocycles. The Bertz CT molecular complexity index is 1380. The Morgan fingerprint density at radius 1 is 1.03 bits per heavy atom. The van der Waals surface area contributed by atoms with E-state index in [1.807, 2.05) is 36.4 Å². The number of ether oxygens (including phenoxy) is 3. The van der Waals surface area contributed by atoms with Gasteiger partial charge in [0.25, 0.3) is 5.91 Å². The van der Waals surface area contributed by atoms with Crippen LogP contribution in [0.5, 0.6) is 11.5 Å². The van der Waals surface area contributed by atoms with Gasteiger partial charge in [0.1, 0.15) is 6.04 Å². The summed E-state index contributed by atoms with van der Waals surface area (Å²) in [6.07, 6.45) is -0.119. The van der Waals surface area contributed by atoms with Crippen molar-refractivity contribution in [2.75, 3.05) is 23.6 Å². The topological polar surface area (TPSA) is 97.4 Å². The van der Waals surface area contributed by atoms with Crippen LogP contribution in [-0.4, -0.2) is 47.2 Å². The maximum Gasteiger partial charge on any atom is 0.338 e. The molecule has 2 heterocycles. The van der Waals surface area contributed by atoms with Crippen LogP contribution < -0.4 is 19.7 Å². The summed E-state index contributed by atoms with van der Waals surface area (Å²) in [5, 5.41) is 3.12. The molecule has 1 saturated heterocycles. The molecule has 38 heavy (non-hydrogen) atoms. The predicted octanol–water partition coefficient (Wildman–Crippen LogP) is 4.12. The lowest BCUT2D eigenvalue weighted by Crippen LogP contribution is -2.37. The Kier molecular flexibility index (Phi) is 7.23. The number of nitrogens with zero attached hydrogens (tertiary/aromatic N) is 2. The van der Waals surface area contributed by atoms with Crippen LogP contribution in [0.15, 0.2) is 72.8 Å². The van der Waals surface area contributed by atoms with Gasteiger partial charge in [0.05, 0.1) is 24.3 Å². The molecule has 2 aliphatic rings. The highest BCUT2D eigenvalue weighted by Gasteiger charge is 2.44. The molecule has 10 heteroatoms. The maximum atomic E-state index is 13.6. The summed E-state index contributed by atoms with van der Waals surface area (Å²) in [6, 6.07) is 20.2. The van der Waals surface area contributed by atoms with E-state index in [1.165, 1.54) is 4.90 Å². The number of nitrogens with one attached hydrogen (secondary N) is 1. The van der Waals surface area contributed by atoms with E-state index >= 15 is 0 Å². The van der Waals surface area contributed by atoms with E-state index in [4.69, 9.17) is 26.4 Å². The van der Waals surface area contributed by atoms with Crippen LogP contribution in [0, 0.1) is 0 Å². The summed E-state index contributed by atoms with van der Waals surface area (Å²) in [5.41, 5.74) is 2.38. The van der Waals surface area contributed by atoms with Crippen molar-refractivity contribution in [1.29, 1.82) is 0 Å². The molecule has 9 nitrogen and oxygen atoms in total. The molecule has 2 aliphatic heterocycles. The third kappa shape index (κ3) is 5.16. The highest BCUT2D eigenvalue weighted by atomic mass is 32.1. The molecule has 194 valence electrons. The molecule has 1 unspecified atom stereocenters. The molecule has 3 aromatic carbocycles. The van der Waals surface area contributed by atoms with Gasteiger partial charge in [-0.3, -0.25) is 14.5 Å². The molecule has 2 amide bonds. The second-order valence-corrected chi connectivity index (χ2v) is 9.04. The van der Waals surface area contributed by atoms with Crippen molar-refractivity contribution in [2.24, 2.45) is 0 Å². The van der Waals surface area contributed by atoms with Gasteiger partial charge >= 0.3 is 5.97 Å². The number of hydrogen-bond donors (Lipinski definition) is 1. The minimum atomic E-state index is -0.813. The molecular formula is C28H25N3O6S. The summed E-state index contributed by atoms with van der Waals surface area (Å²) in [5.74, 6) is 0.204. The highest BCUT2D eigenvalue weighted by molar-refractivity contribution is 7.80. The number of fused-ring (bicyclic) bond motifs is 1. The summed E-state index contributed by atoms with van der Waals surface area (Å²) < 4.78 is 15.9. The van der Waals surface area contributed by atoms with Crippen molar-refractivity contribution in [3.63, 3.8) is 0 Å². The van der Waals surface area contributed by atoms with Crippen LogP contribution in [0.3, 0.4) is 0 Å². The Morgan fingerprint density at radius 3 is 2.50 bits per heavy atom. The van der Waals surface area contributed by atoms with E-state index in [-0.39, 0.29) is 31.6 Å². The van der Waals surface area contributed by atoms with Crippen molar-refractivity contribution >= 4 is 46.5 Å². The lowest BCUT2D eigenvalue weighted by atomic mass is 10.1. The number of esters is 1. The van der Waals surface area contributed by atoms with E-state index in [0.717, 1.165) is 5.56 Å². The first-order valence-electron chi connectivity index (χ1n) is 12.1. The summed E-state index contributed by atoms with van der Waals surface area (Å²) in [4.78, 5) is 41.8. The van der Waals surface area contributed by atoms with Crippen LogP contribution in [-0.2, 0) is 20.9 Å². The lowest BCUT2D eigenvalue weighted by molar-refractivity contribution is -0.124. The van der Waals surface area contributed by atoms with Gasteiger partial charge in [-0.2, -0.15) is 0 Å². The van der Waals surface area contributed by atoms with Gasteiger partial charge in [0, 0.05) is 12.2 Å². The Hall–Kier alpha value is -4.44. The van der Waals surface area contributed by atoms with E-state index in [1.54, 1.807) is 48.2 Å². The largest absolute Gasteiger partial charge is 0.462 e. The van der Waals surface area contributed by atoms with Gasteiger partial charge in [-0.1, -0.05) is 24.3 Å². The minimum Gasteiger partial charge on any atom is -0.462 e. The van der Waals surface area contributed by atoms with Crippen LogP contribution in [0.4, 0.5) is 11.4 Å². The number of amides is 2. The van der Waals surface area contributed by atoms with Crippen molar-refractivity contribution in [3.05, 3.63) is 83.9 Å². The molecule has 5 rings (SSSR count). The third-order valence-electron chi connectivity index (χ3n) is 6.18. The lowest BCUT2D eigenvalue weighted by Gasteiger charge is -2.24. The fourth-order valence-electron chi connectivity index (χ4n) is 4.36. The van der Waals surface area contributed by atoms with Crippen LogP contribution in [0.25, 0.3) is 0 Å². The van der Waals surface area contributed by atoms with Gasteiger partial charge in [-0.05, 0) is 73.2 Å². The summed E-state index contributed by atoms with van der Waals surface area (Å²) in [7, 11) is 0. The molecule has 3 aromatic rings. The zero-order valence-electron chi connectivity index (χ0n) is 20.6. The van der Waals surface area contributed by atoms with Crippen molar-refractivity contribution in [2.45, 2.75) is 25.9 Å².